The van der Waals surface area contributed by atoms with E-state index in [2.05, 4.69) is 31.5 Å². The molecule has 0 saturated carbocycles. The monoisotopic (exact) mass is 528 g/mol. The van der Waals surface area contributed by atoms with Crippen LogP contribution in [0, 0.1) is 6.92 Å². The third-order valence-corrected chi connectivity index (χ3v) is 7.28. The molecule has 1 atom stereocenters. The number of carbonyl (C=O) groups excluding carboxylic acids is 1. The van der Waals surface area contributed by atoms with Gasteiger partial charge in [0.15, 0.2) is 17.6 Å². The molecule has 0 radical (unpaired) electrons. The first-order chi connectivity index (χ1) is 19.0. The fourth-order valence-corrected chi connectivity index (χ4v) is 5.15. The molecule has 1 aliphatic rings. The predicted octanol–water partition coefficient (Wildman–Crippen LogP) is 5.07. The Kier molecular flexibility index (Phi) is 6.55. The number of aryl methyl sites for hydroxylation is 1. The highest BCUT2D eigenvalue weighted by molar-refractivity contribution is 5.81. The van der Waals surface area contributed by atoms with Crippen LogP contribution in [0.25, 0.3) is 11.2 Å². The lowest BCUT2D eigenvalue weighted by Crippen LogP contribution is -2.42. The van der Waals surface area contributed by atoms with Gasteiger partial charge >= 0.3 is 0 Å². The smallest absolute Gasteiger partial charge is 0.257 e. The number of amides is 1. The summed E-state index contributed by atoms with van der Waals surface area (Å²) in [7, 11) is 0. The van der Waals surface area contributed by atoms with Crippen LogP contribution in [0.5, 0.6) is 11.5 Å². The highest BCUT2D eigenvalue weighted by Gasteiger charge is 2.29. The van der Waals surface area contributed by atoms with E-state index in [1.54, 1.807) is 16.3 Å². The van der Waals surface area contributed by atoms with Crippen LogP contribution in [0.4, 0.5) is 15.9 Å². The summed E-state index contributed by atoms with van der Waals surface area (Å²) < 4.78 is 23.5. The first-order valence-electron chi connectivity index (χ1n) is 13.1. The summed E-state index contributed by atoms with van der Waals surface area (Å²) in [6, 6.07) is 11.6. The molecule has 1 N–H and O–H groups in total. The number of likely N-dealkylation sites (tertiary alicyclic amines) is 1. The summed E-state index contributed by atoms with van der Waals surface area (Å²) in [5.41, 5.74) is 4.56. The highest BCUT2D eigenvalue weighted by Crippen LogP contribution is 2.35. The van der Waals surface area contributed by atoms with E-state index in [4.69, 9.17) is 4.74 Å². The topological polar surface area (TPSA) is 102 Å². The van der Waals surface area contributed by atoms with Crippen molar-refractivity contribution >= 4 is 28.6 Å². The fourth-order valence-electron chi connectivity index (χ4n) is 5.15. The molecule has 1 saturated heterocycles. The molecule has 11 heteroatoms. The maximum atomic E-state index is 13.9. The summed E-state index contributed by atoms with van der Waals surface area (Å²) in [5, 5.41) is 12.0. The van der Waals surface area contributed by atoms with Crippen LogP contribution in [0.2, 0.25) is 0 Å². The van der Waals surface area contributed by atoms with Gasteiger partial charge in [-0.1, -0.05) is 6.92 Å². The Hall–Kier alpha value is -4.54. The number of pyridine rings is 1. The molecular formula is C28H29FN8O2. The Labute approximate surface area is 224 Å². The maximum absolute atomic E-state index is 13.9. The number of fused-ring (bicyclic) bond motifs is 2. The van der Waals surface area contributed by atoms with Crippen LogP contribution in [0.15, 0.2) is 61.4 Å². The van der Waals surface area contributed by atoms with E-state index in [-0.39, 0.29) is 12.3 Å². The number of aromatic nitrogens is 6. The van der Waals surface area contributed by atoms with Gasteiger partial charge in [0.1, 0.15) is 29.7 Å². The van der Waals surface area contributed by atoms with Crippen LogP contribution >= 0.6 is 0 Å². The lowest BCUT2D eigenvalue weighted by Gasteiger charge is -2.32. The van der Waals surface area contributed by atoms with Crippen molar-refractivity contribution in [1.82, 2.24) is 34.1 Å². The summed E-state index contributed by atoms with van der Waals surface area (Å²) in [4.78, 5) is 22.7. The van der Waals surface area contributed by atoms with Gasteiger partial charge in [0.2, 0.25) is 0 Å². The molecule has 4 aromatic heterocycles. The molecule has 1 amide bonds. The molecule has 1 aromatic carbocycles. The molecule has 5 aromatic rings. The van der Waals surface area contributed by atoms with Crippen molar-refractivity contribution in [3.8, 4) is 11.5 Å². The molecule has 1 fully saturated rings. The highest BCUT2D eigenvalue weighted by atomic mass is 19.1. The maximum Gasteiger partial charge on any atom is 0.257 e. The Morgan fingerprint density at radius 3 is 2.64 bits per heavy atom. The van der Waals surface area contributed by atoms with Crippen LogP contribution in [-0.2, 0) is 4.79 Å². The van der Waals surface area contributed by atoms with Crippen molar-refractivity contribution in [2.75, 3.05) is 18.4 Å². The number of hydrogen-bond acceptors (Lipinski definition) is 7. The van der Waals surface area contributed by atoms with Crippen LogP contribution in [-0.4, -0.2) is 59.3 Å². The zero-order valence-corrected chi connectivity index (χ0v) is 21.8. The largest absolute Gasteiger partial charge is 0.457 e. The van der Waals surface area contributed by atoms with Crippen molar-refractivity contribution < 1.29 is 13.9 Å². The summed E-state index contributed by atoms with van der Waals surface area (Å²) >= 11 is 0. The molecular weight excluding hydrogens is 499 g/mol. The van der Waals surface area contributed by atoms with Gasteiger partial charge in [0.25, 0.3) is 5.91 Å². The lowest BCUT2D eigenvalue weighted by atomic mass is 9.89. The summed E-state index contributed by atoms with van der Waals surface area (Å²) in [5.74, 6) is 1.94. The number of carbonyl (C=O) groups is 1. The van der Waals surface area contributed by atoms with Crippen LogP contribution in [0.1, 0.15) is 43.2 Å². The zero-order valence-electron chi connectivity index (χ0n) is 21.8. The number of piperidine rings is 1. The normalized spacial score (nSPS) is 15.1. The van der Waals surface area contributed by atoms with E-state index in [0.717, 1.165) is 40.9 Å². The van der Waals surface area contributed by atoms with E-state index in [1.165, 1.54) is 12.7 Å². The zero-order chi connectivity index (χ0) is 26.9. The number of alkyl halides is 1. The summed E-state index contributed by atoms with van der Waals surface area (Å²) in [6.45, 7) is 4.77. The predicted molar refractivity (Wildman–Crippen MR) is 144 cm³/mol. The van der Waals surface area contributed by atoms with Gasteiger partial charge in [-0.05, 0) is 73.6 Å². The number of hydrogen-bond donors (Lipinski definition) is 1. The second-order valence-corrected chi connectivity index (χ2v) is 9.78. The van der Waals surface area contributed by atoms with Gasteiger partial charge in [-0.25, -0.2) is 23.4 Å². The molecule has 1 aliphatic heterocycles. The van der Waals surface area contributed by atoms with E-state index < -0.39 is 12.1 Å². The van der Waals surface area contributed by atoms with Gasteiger partial charge < -0.3 is 15.0 Å². The van der Waals surface area contributed by atoms with Crippen molar-refractivity contribution in [2.24, 2.45) is 0 Å². The molecule has 1 unspecified atom stereocenters. The number of nitrogens with zero attached hydrogens (tertiary/aromatic N) is 7. The number of nitrogens with one attached hydrogen (secondary N) is 1. The molecule has 10 nitrogen and oxygen atoms in total. The minimum Gasteiger partial charge on any atom is -0.457 e. The van der Waals surface area contributed by atoms with Crippen LogP contribution in [0.3, 0.4) is 0 Å². The SMILES string of the molecule is CCC(F)C(=O)N1CCC(c2ccn3ncnc(Nc4ccc(Oc5ccn6ncnc6c5)c(C)c4)c23)CC1. The van der Waals surface area contributed by atoms with E-state index in [1.807, 2.05) is 54.2 Å². The molecule has 0 spiro atoms. The van der Waals surface area contributed by atoms with Gasteiger partial charge in [-0.3, -0.25) is 4.79 Å². The number of rotatable bonds is 7. The molecule has 0 bridgehead atoms. The third kappa shape index (κ3) is 4.87. The number of anilines is 2. The fraction of sp³-hybridized carbons (Fsp3) is 0.321. The lowest BCUT2D eigenvalue weighted by molar-refractivity contribution is -0.137. The van der Waals surface area contributed by atoms with Gasteiger partial charge in [0, 0.05) is 37.2 Å². The van der Waals surface area contributed by atoms with Gasteiger partial charge in [0.05, 0.1) is 0 Å². The van der Waals surface area contributed by atoms with E-state index in [9.17, 15) is 9.18 Å². The Bertz CT molecular complexity index is 1640. The average Bonchev–Trinajstić information content (AvgIpc) is 3.61. The van der Waals surface area contributed by atoms with E-state index in [0.29, 0.717) is 30.3 Å². The standard InChI is InChI=1S/C28H29FN8O2/c1-3-23(29)28(38)35-10-6-19(7-11-35)22-9-13-37-26(22)27(31-17-33-37)34-20-4-5-24(18(2)14-20)39-21-8-12-36-25(15-21)30-16-32-36/h4-5,8-9,12-17,19,23H,3,6-7,10-11H2,1-2H3,(H,31,33,34). The van der Waals surface area contributed by atoms with Crippen molar-refractivity contribution in [3.05, 3.63) is 72.6 Å². The van der Waals surface area contributed by atoms with Crippen LogP contribution < -0.4 is 10.1 Å². The van der Waals surface area contributed by atoms with Crippen molar-refractivity contribution in [2.45, 2.75) is 45.2 Å². The number of ether oxygens (including phenoxy) is 1. The Balaban J connectivity index is 1.20. The second-order valence-electron chi connectivity index (χ2n) is 9.78. The minimum atomic E-state index is -1.42. The molecule has 5 heterocycles. The molecule has 39 heavy (non-hydrogen) atoms. The Morgan fingerprint density at radius 2 is 1.85 bits per heavy atom. The van der Waals surface area contributed by atoms with Gasteiger partial charge in [-0.15, -0.1) is 0 Å². The summed E-state index contributed by atoms with van der Waals surface area (Å²) in [6.07, 6.45) is 7.09. The van der Waals surface area contributed by atoms with Crippen molar-refractivity contribution in [1.29, 1.82) is 0 Å². The van der Waals surface area contributed by atoms with E-state index >= 15 is 0 Å². The second kappa shape index (κ2) is 10.3. The number of halogens is 1. The molecule has 6 rings (SSSR count). The first kappa shape index (κ1) is 24.8. The minimum absolute atomic E-state index is 0.209. The quantitative estimate of drug-likeness (QED) is 0.315. The molecule has 0 aliphatic carbocycles. The molecule has 200 valence electrons. The number of benzene rings is 1. The van der Waals surface area contributed by atoms with Gasteiger partial charge in [-0.2, -0.15) is 10.2 Å². The average molecular weight is 529 g/mol. The Morgan fingerprint density at radius 1 is 1.08 bits per heavy atom. The third-order valence-electron chi connectivity index (χ3n) is 7.28. The first-order valence-corrected chi connectivity index (χ1v) is 13.1. The van der Waals surface area contributed by atoms with Crippen molar-refractivity contribution in [3.63, 3.8) is 0 Å².